The molecule has 0 radical (unpaired) electrons. The highest BCUT2D eigenvalue weighted by Gasteiger charge is 2.27. The van der Waals surface area contributed by atoms with Crippen LogP contribution in [0.1, 0.15) is 26.2 Å². The first-order chi connectivity index (χ1) is 9.81. The SMILES string of the molecule is CC1CCCC1CNS(=O)(=O)c1cc([N+](=O)[O-])ccc1Cl. The molecule has 116 valence electrons. The Kier molecular flexibility index (Phi) is 4.85. The smallest absolute Gasteiger partial charge is 0.258 e. The van der Waals surface area contributed by atoms with Gasteiger partial charge in [-0.05, 0) is 24.3 Å². The second kappa shape index (κ2) is 6.29. The number of nitro groups is 1. The van der Waals surface area contributed by atoms with Crippen molar-refractivity contribution in [2.45, 2.75) is 31.1 Å². The summed E-state index contributed by atoms with van der Waals surface area (Å²) in [7, 11) is -3.84. The summed E-state index contributed by atoms with van der Waals surface area (Å²) in [4.78, 5) is 9.86. The molecule has 1 aromatic rings. The van der Waals surface area contributed by atoms with Crippen LogP contribution in [0.2, 0.25) is 5.02 Å². The zero-order valence-corrected chi connectivity index (χ0v) is 13.2. The molecule has 0 heterocycles. The molecule has 2 atom stereocenters. The Morgan fingerprint density at radius 1 is 1.43 bits per heavy atom. The number of hydrogen-bond donors (Lipinski definition) is 1. The van der Waals surface area contributed by atoms with Gasteiger partial charge in [0.25, 0.3) is 5.69 Å². The van der Waals surface area contributed by atoms with Gasteiger partial charge in [0, 0.05) is 18.7 Å². The second-order valence-corrected chi connectivity index (χ2v) is 7.53. The third-order valence-corrected chi connectivity index (χ3v) is 5.89. The van der Waals surface area contributed by atoms with E-state index in [0.29, 0.717) is 18.4 Å². The molecule has 0 aromatic heterocycles. The van der Waals surface area contributed by atoms with Crippen molar-refractivity contribution >= 4 is 27.3 Å². The van der Waals surface area contributed by atoms with E-state index in [9.17, 15) is 18.5 Å². The Bertz CT molecular complexity index is 648. The van der Waals surface area contributed by atoms with Crippen LogP contribution in [0.5, 0.6) is 0 Å². The monoisotopic (exact) mass is 332 g/mol. The Morgan fingerprint density at radius 3 is 2.71 bits per heavy atom. The second-order valence-electron chi connectivity index (χ2n) is 5.39. The summed E-state index contributed by atoms with van der Waals surface area (Å²) in [6.07, 6.45) is 3.20. The van der Waals surface area contributed by atoms with Crippen LogP contribution in [0.25, 0.3) is 0 Å². The first-order valence-electron chi connectivity index (χ1n) is 6.75. The minimum atomic E-state index is -3.84. The maximum absolute atomic E-state index is 12.3. The van der Waals surface area contributed by atoms with Crippen LogP contribution < -0.4 is 4.72 Å². The number of rotatable bonds is 5. The van der Waals surface area contributed by atoms with Crippen LogP contribution in [-0.2, 0) is 10.0 Å². The molecule has 1 aliphatic rings. The number of nitrogens with one attached hydrogen (secondary N) is 1. The molecule has 1 N–H and O–H groups in total. The molecule has 1 saturated carbocycles. The van der Waals surface area contributed by atoms with Gasteiger partial charge in [0.15, 0.2) is 0 Å². The molecule has 1 aliphatic carbocycles. The molecule has 2 unspecified atom stereocenters. The fourth-order valence-corrected chi connectivity index (χ4v) is 4.24. The highest BCUT2D eigenvalue weighted by Crippen LogP contribution is 2.31. The first kappa shape index (κ1) is 16.2. The van der Waals surface area contributed by atoms with E-state index in [2.05, 4.69) is 11.6 Å². The molecular weight excluding hydrogens is 316 g/mol. The van der Waals surface area contributed by atoms with E-state index < -0.39 is 14.9 Å². The van der Waals surface area contributed by atoms with Crippen LogP contribution >= 0.6 is 11.6 Å². The van der Waals surface area contributed by atoms with Gasteiger partial charge in [0.1, 0.15) is 4.90 Å². The van der Waals surface area contributed by atoms with E-state index >= 15 is 0 Å². The molecule has 2 rings (SSSR count). The van der Waals surface area contributed by atoms with E-state index in [4.69, 9.17) is 11.6 Å². The molecule has 0 amide bonds. The molecule has 0 bridgehead atoms. The average molecular weight is 333 g/mol. The third-order valence-electron chi connectivity index (χ3n) is 3.99. The maximum Gasteiger partial charge on any atom is 0.270 e. The normalized spacial score (nSPS) is 22.4. The lowest BCUT2D eigenvalue weighted by molar-refractivity contribution is -0.385. The number of non-ortho nitro benzene ring substituents is 1. The molecular formula is C13H17ClN2O4S. The van der Waals surface area contributed by atoms with Gasteiger partial charge in [-0.3, -0.25) is 10.1 Å². The van der Waals surface area contributed by atoms with Gasteiger partial charge >= 0.3 is 0 Å². The van der Waals surface area contributed by atoms with Crippen LogP contribution in [-0.4, -0.2) is 19.9 Å². The number of halogens is 1. The lowest BCUT2D eigenvalue weighted by atomic mass is 9.99. The Hall–Kier alpha value is -1.18. The molecule has 6 nitrogen and oxygen atoms in total. The summed E-state index contributed by atoms with van der Waals surface area (Å²) in [5, 5.41) is 10.7. The third kappa shape index (κ3) is 3.72. The number of nitro benzene ring substituents is 1. The number of benzene rings is 1. The van der Waals surface area contributed by atoms with Crippen molar-refractivity contribution in [1.82, 2.24) is 4.72 Å². The van der Waals surface area contributed by atoms with Crippen LogP contribution in [0.4, 0.5) is 5.69 Å². The highest BCUT2D eigenvalue weighted by molar-refractivity contribution is 7.89. The van der Waals surface area contributed by atoms with E-state index in [1.54, 1.807) is 0 Å². The first-order valence-corrected chi connectivity index (χ1v) is 8.61. The lowest BCUT2D eigenvalue weighted by Gasteiger charge is -2.16. The molecule has 0 spiro atoms. The van der Waals surface area contributed by atoms with Crippen molar-refractivity contribution in [3.8, 4) is 0 Å². The molecule has 21 heavy (non-hydrogen) atoms. The van der Waals surface area contributed by atoms with Crippen molar-refractivity contribution in [2.24, 2.45) is 11.8 Å². The minimum Gasteiger partial charge on any atom is -0.258 e. The molecule has 0 aliphatic heterocycles. The van der Waals surface area contributed by atoms with E-state index in [1.165, 1.54) is 12.1 Å². The van der Waals surface area contributed by atoms with Gasteiger partial charge in [-0.2, -0.15) is 0 Å². The largest absolute Gasteiger partial charge is 0.270 e. The summed E-state index contributed by atoms with van der Waals surface area (Å²) >= 11 is 5.87. The summed E-state index contributed by atoms with van der Waals surface area (Å²) in [6.45, 7) is 2.44. The van der Waals surface area contributed by atoms with Gasteiger partial charge in [-0.15, -0.1) is 0 Å². The Balaban J connectivity index is 2.19. The van der Waals surface area contributed by atoms with E-state index in [0.717, 1.165) is 25.3 Å². The molecule has 1 fully saturated rings. The zero-order chi connectivity index (χ0) is 15.6. The minimum absolute atomic E-state index is 0.0208. The number of hydrogen-bond acceptors (Lipinski definition) is 4. The number of sulfonamides is 1. The topological polar surface area (TPSA) is 89.3 Å². The molecule has 1 aromatic carbocycles. The van der Waals surface area contributed by atoms with E-state index in [1.807, 2.05) is 0 Å². The van der Waals surface area contributed by atoms with Crippen molar-refractivity contribution in [2.75, 3.05) is 6.54 Å². The van der Waals surface area contributed by atoms with Crippen molar-refractivity contribution in [3.63, 3.8) is 0 Å². The van der Waals surface area contributed by atoms with Crippen molar-refractivity contribution in [1.29, 1.82) is 0 Å². The number of nitrogens with zero attached hydrogens (tertiary/aromatic N) is 1. The highest BCUT2D eigenvalue weighted by atomic mass is 35.5. The maximum atomic E-state index is 12.3. The predicted octanol–water partition coefficient (Wildman–Crippen LogP) is 2.96. The van der Waals surface area contributed by atoms with Crippen LogP contribution in [0, 0.1) is 22.0 Å². The van der Waals surface area contributed by atoms with Gasteiger partial charge in [-0.25, -0.2) is 13.1 Å². The summed E-state index contributed by atoms with van der Waals surface area (Å²) in [5.74, 6) is 0.783. The Labute approximate surface area is 128 Å². The lowest BCUT2D eigenvalue weighted by Crippen LogP contribution is -2.30. The zero-order valence-electron chi connectivity index (χ0n) is 11.6. The van der Waals surface area contributed by atoms with Crippen LogP contribution in [0.15, 0.2) is 23.1 Å². The fraction of sp³-hybridized carbons (Fsp3) is 0.538. The summed E-state index contributed by atoms with van der Waals surface area (Å²) in [5.41, 5.74) is -0.297. The Morgan fingerprint density at radius 2 is 2.14 bits per heavy atom. The van der Waals surface area contributed by atoms with Gasteiger partial charge in [0.2, 0.25) is 10.0 Å². The van der Waals surface area contributed by atoms with Crippen molar-refractivity contribution in [3.05, 3.63) is 33.3 Å². The van der Waals surface area contributed by atoms with Crippen LogP contribution in [0.3, 0.4) is 0 Å². The van der Waals surface area contributed by atoms with Crippen molar-refractivity contribution < 1.29 is 13.3 Å². The molecule has 0 saturated heterocycles. The predicted molar refractivity (Wildman–Crippen MR) is 79.8 cm³/mol. The van der Waals surface area contributed by atoms with Gasteiger partial charge in [-0.1, -0.05) is 31.4 Å². The van der Waals surface area contributed by atoms with Gasteiger partial charge in [0.05, 0.1) is 9.95 Å². The standard InChI is InChI=1S/C13H17ClN2O4S/c1-9-3-2-4-10(9)8-15-21(19,20)13-7-11(16(17)18)5-6-12(13)14/h5-7,9-10,15H,2-4,8H2,1H3. The summed E-state index contributed by atoms with van der Waals surface area (Å²) < 4.78 is 27.1. The van der Waals surface area contributed by atoms with Gasteiger partial charge < -0.3 is 0 Å². The fourth-order valence-electron chi connectivity index (χ4n) is 2.63. The van der Waals surface area contributed by atoms with E-state index in [-0.39, 0.29) is 15.6 Å². The summed E-state index contributed by atoms with van der Waals surface area (Å²) in [6, 6.07) is 3.40. The quantitative estimate of drug-likeness (QED) is 0.663. The average Bonchev–Trinajstić information content (AvgIpc) is 2.82. The molecule has 8 heteroatoms.